The highest BCUT2D eigenvalue weighted by atomic mass is 32.2. The molecule has 2 unspecified atom stereocenters. The van der Waals surface area contributed by atoms with Crippen LogP contribution in [0.4, 0.5) is 0 Å². The summed E-state index contributed by atoms with van der Waals surface area (Å²) in [6.07, 6.45) is 20.7. The highest BCUT2D eigenvalue weighted by molar-refractivity contribution is 7.99. The van der Waals surface area contributed by atoms with Crippen LogP contribution in [0.25, 0.3) is 0 Å². The molecule has 2 atom stereocenters. The van der Waals surface area contributed by atoms with Gasteiger partial charge < -0.3 is 10.2 Å². The van der Waals surface area contributed by atoms with E-state index in [4.69, 9.17) is 0 Å². The van der Waals surface area contributed by atoms with E-state index in [0.29, 0.717) is 17.6 Å². The van der Waals surface area contributed by atoms with E-state index in [1.165, 1.54) is 77.0 Å². The Morgan fingerprint density at radius 2 is 1.03 bits per heavy atom. The second kappa shape index (κ2) is 18.6. The van der Waals surface area contributed by atoms with Crippen molar-refractivity contribution < 1.29 is 15.0 Å². The lowest BCUT2D eigenvalue weighted by Gasteiger charge is -2.26. The maximum absolute atomic E-state index is 12.1. The zero-order valence-electron chi connectivity index (χ0n) is 20.5. The van der Waals surface area contributed by atoms with Crippen molar-refractivity contribution in [3.05, 3.63) is 0 Å². The van der Waals surface area contributed by atoms with E-state index >= 15 is 0 Å². The minimum absolute atomic E-state index is 0.109. The first-order valence-corrected chi connectivity index (χ1v) is 16.0. The van der Waals surface area contributed by atoms with E-state index in [1.807, 2.05) is 23.5 Å². The van der Waals surface area contributed by atoms with Gasteiger partial charge in [0.2, 0.25) is 0 Å². The number of ketones is 1. The summed E-state index contributed by atoms with van der Waals surface area (Å²) in [5.74, 6) is 5.53. The highest BCUT2D eigenvalue weighted by Gasteiger charge is 2.22. The second-order valence-electron chi connectivity index (χ2n) is 10.2. The van der Waals surface area contributed by atoms with E-state index in [1.54, 1.807) is 0 Å². The van der Waals surface area contributed by atoms with Gasteiger partial charge in [-0.3, -0.25) is 4.79 Å². The van der Waals surface area contributed by atoms with Crippen molar-refractivity contribution in [3.63, 3.8) is 0 Å². The van der Waals surface area contributed by atoms with Crippen LogP contribution in [0.5, 0.6) is 0 Å². The molecule has 0 radical (unpaired) electrons. The summed E-state index contributed by atoms with van der Waals surface area (Å²) in [5, 5.41) is 20.6. The standard InChI is InChI=1S/C27H50O3S2/c28-25(17-9-3-11-19-31-21-26(29)23-13-5-1-6-14-23)18-10-4-12-20-32-22-27(30)24-15-7-2-8-16-24/h23-24,26-27,29-30H,1-22H2. The fraction of sp³-hybridized carbons (Fsp3) is 0.963. The maximum Gasteiger partial charge on any atom is 0.132 e. The normalized spacial score (nSPS) is 20.3. The lowest BCUT2D eigenvalue weighted by molar-refractivity contribution is -0.119. The maximum atomic E-state index is 12.1. The van der Waals surface area contributed by atoms with Gasteiger partial charge in [-0.15, -0.1) is 0 Å². The number of Topliss-reactive ketones (excluding diaryl/α,β-unsaturated/α-hetero) is 1. The molecule has 32 heavy (non-hydrogen) atoms. The summed E-state index contributed by atoms with van der Waals surface area (Å²) in [6, 6.07) is 0. The molecule has 5 heteroatoms. The van der Waals surface area contributed by atoms with Crippen LogP contribution in [0.15, 0.2) is 0 Å². The molecule has 0 aromatic rings. The SMILES string of the molecule is O=C(CCCCCSCC(O)C1CCCCC1)CCCCCSCC(O)C1CCCCC1. The molecule has 2 aliphatic rings. The van der Waals surface area contributed by atoms with Gasteiger partial charge in [-0.2, -0.15) is 23.5 Å². The second-order valence-corrected chi connectivity index (χ2v) is 12.5. The third kappa shape index (κ3) is 13.2. The molecule has 0 spiro atoms. The van der Waals surface area contributed by atoms with Crippen LogP contribution < -0.4 is 0 Å². The first-order valence-electron chi connectivity index (χ1n) is 13.7. The Morgan fingerprint density at radius 3 is 1.44 bits per heavy atom. The topological polar surface area (TPSA) is 57.5 Å². The van der Waals surface area contributed by atoms with E-state index in [9.17, 15) is 15.0 Å². The van der Waals surface area contributed by atoms with Crippen LogP contribution in [0.1, 0.15) is 116 Å². The lowest BCUT2D eigenvalue weighted by atomic mass is 9.86. The van der Waals surface area contributed by atoms with Gasteiger partial charge in [-0.05, 0) is 74.7 Å². The molecular formula is C27H50O3S2. The molecule has 2 fully saturated rings. The van der Waals surface area contributed by atoms with Gasteiger partial charge in [-0.1, -0.05) is 51.4 Å². The molecule has 0 saturated heterocycles. The highest BCUT2D eigenvalue weighted by Crippen LogP contribution is 2.29. The van der Waals surface area contributed by atoms with Gasteiger partial charge in [0.15, 0.2) is 0 Å². The van der Waals surface area contributed by atoms with Crippen molar-refractivity contribution in [3.8, 4) is 0 Å². The molecule has 2 aliphatic carbocycles. The smallest absolute Gasteiger partial charge is 0.132 e. The Kier molecular flexibility index (Phi) is 16.6. The fourth-order valence-electron chi connectivity index (χ4n) is 5.25. The molecule has 0 aliphatic heterocycles. The molecular weight excluding hydrogens is 436 g/mol. The number of thioether (sulfide) groups is 2. The number of aliphatic hydroxyl groups excluding tert-OH is 2. The molecule has 2 saturated carbocycles. The third-order valence-corrected chi connectivity index (χ3v) is 9.76. The van der Waals surface area contributed by atoms with Crippen molar-refractivity contribution in [2.24, 2.45) is 11.8 Å². The van der Waals surface area contributed by atoms with Crippen molar-refractivity contribution in [2.45, 2.75) is 128 Å². The van der Waals surface area contributed by atoms with Gasteiger partial charge in [0.25, 0.3) is 0 Å². The van der Waals surface area contributed by atoms with Crippen molar-refractivity contribution in [1.82, 2.24) is 0 Å². The van der Waals surface area contributed by atoms with Gasteiger partial charge in [0.1, 0.15) is 5.78 Å². The third-order valence-electron chi connectivity index (χ3n) is 7.45. The Hall–Kier alpha value is 0.290. The predicted octanol–water partition coefficient (Wildman–Crippen LogP) is 7.03. The van der Waals surface area contributed by atoms with Crippen LogP contribution in [-0.4, -0.2) is 51.2 Å². The van der Waals surface area contributed by atoms with Crippen molar-refractivity contribution in [2.75, 3.05) is 23.0 Å². The average molecular weight is 487 g/mol. The molecule has 0 amide bonds. The van der Waals surface area contributed by atoms with Crippen LogP contribution in [-0.2, 0) is 4.79 Å². The van der Waals surface area contributed by atoms with E-state index in [2.05, 4.69) is 0 Å². The van der Waals surface area contributed by atoms with Gasteiger partial charge in [0.05, 0.1) is 12.2 Å². The Morgan fingerprint density at radius 1 is 0.625 bits per heavy atom. The molecule has 3 nitrogen and oxygen atoms in total. The van der Waals surface area contributed by atoms with Crippen molar-refractivity contribution in [1.29, 1.82) is 0 Å². The first-order chi connectivity index (χ1) is 15.7. The first kappa shape index (κ1) is 28.5. The number of carbonyl (C=O) groups is 1. The van der Waals surface area contributed by atoms with Gasteiger partial charge >= 0.3 is 0 Å². The molecule has 2 N–H and O–H groups in total. The number of hydrogen-bond donors (Lipinski definition) is 2. The van der Waals surface area contributed by atoms with E-state index in [-0.39, 0.29) is 12.2 Å². The van der Waals surface area contributed by atoms with Gasteiger partial charge in [0, 0.05) is 24.3 Å². The molecule has 0 aromatic carbocycles. The largest absolute Gasteiger partial charge is 0.392 e. The molecule has 0 heterocycles. The van der Waals surface area contributed by atoms with Crippen LogP contribution in [0.2, 0.25) is 0 Å². The number of aliphatic hydroxyl groups is 2. The predicted molar refractivity (Wildman–Crippen MR) is 142 cm³/mol. The fourth-order valence-corrected chi connectivity index (χ4v) is 7.43. The summed E-state index contributed by atoms with van der Waals surface area (Å²) in [6.45, 7) is 0. The van der Waals surface area contributed by atoms with Crippen LogP contribution in [0, 0.1) is 11.8 Å². The number of carbonyl (C=O) groups excluding carboxylic acids is 1. The zero-order valence-corrected chi connectivity index (χ0v) is 22.1. The number of hydrogen-bond acceptors (Lipinski definition) is 5. The van der Waals surface area contributed by atoms with E-state index in [0.717, 1.165) is 61.5 Å². The summed E-state index contributed by atoms with van der Waals surface area (Å²) in [4.78, 5) is 12.1. The van der Waals surface area contributed by atoms with Crippen molar-refractivity contribution >= 4 is 29.3 Å². The number of rotatable bonds is 18. The minimum atomic E-state index is -0.109. The summed E-state index contributed by atoms with van der Waals surface area (Å²) in [5.41, 5.74) is 0. The van der Waals surface area contributed by atoms with E-state index < -0.39 is 0 Å². The quantitative estimate of drug-likeness (QED) is 0.204. The van der Waals surface area contributed by atoms with Crippen LogP contribution >= 0.6 is 23.5 Å². The Balaban J connectivity index is 1.31. The minimum Gasteiger partial charge on any atom is -0.392 e. The molecule has 0 aromatic heterocycles. The number of unbranched alkanes of at least 4 members (excludes halogenated alkanes) is 4. The molecule has 188 valence electrons. The Labute approximate surface area is 206 Å². The summed E-state index contributed by atoms with van der Waals surface area (Å²) in [7, 11) is 0. The lowest BCUT2D eigenvalue weighted by Crippen LogP contribution is -2.25. The average Bonchev–Trinajstić information content (AvgIpc) is 2.83. The monoisotopic (exact) mass is 486 g/mol. The summed E-state index contributed by atoms with van der Waals surface area (Å²) < 4.78 is 0. The molecule has 2 rings (SSSR count). The molecule has 0 bridgehead atoms. The zero-order chi connectivity index (χ0) is 22.9. The summed E-state index contributed by atoms with van der Waals surface area (Å²) >= 11 is 3.79. The van der Waals surface area contributed by atoms with Gasteiger partial charge in [-0.25, -0.2) is 0 Å². The van der Waals surface area contributed by atoms with Crippen LogP contribution in [0.3, 0.4) is 0 Å². The Bertz CT molecular complexity index is 422.